The highest BCUT2D eigenvalue weighted by molar-refractivity contribution is 6.07. The SMILES string of the molecule is Cc1ccccc1NC(=O)/C(C#N)=C\Nc1ccc(C(N)=O)cc1. The third-order valence-corrected chi connectivity index (χ3v) is 3.31. The van der Waals surface area contributed by atoms with E-state index < -0.39 is 11.8 Å². The summed E-state index contributed by atoms with van der Waals surface area (Å²) in [6, 6.07) is 15.5. The Kier molecular flexibility index (Phi) is 5.32. The molecule has 24 heavy (non-hydrogen) atoms. The molecule has 0 unspecified atom stereocenters. The predicted molar refractivity (Wildman–Crippen MR) is 92.1 cm³/mol. The number of benzene rings is 2. The van der Waals surface area contributed by atoms with Crippen LogP contribution in [-0.2, 0) is 4.79 Å². The molecule has 0 aliphatic heterocycles. The van der Waals surface area contributed by atoms with Crippen LogP contribution < -0.4 is 16.4 Å². The molecule has 0 aliphatic rings. The molecular weight excluding hydrogens is 304 g/mol. The van der Waals surface area contributed by atoms with Gasteiger partial charge >= 0.3 is 0 Å². The van der Waals surface area contributed by atoms with Crippen molar-refractivity contribution < 1.29 is 9.59 Å². The smallest absolute Gasteiger partial charge is 0.267 e. The molecule has 4 N–H and O–H groups in total. The number of nitriles is 1. The summed E-state index contributed by atoms with van der Waals surface area (Å²) in [5.74, 6) is -1.03. The molecule has 0 aromatic heterocycles. The maximum absolute atomic E-state index is 12.2. The van der Waals surface area contributed by atoms with E-state index in [0.717, 1.165) is 5.56 Å². The van der Waals surface area contributed by atoms with Gasteiger partial charge in [0.25, 0.3) is 5.91 Å². The topological polar surface area (TPSA) is 108 Å². The van der Waals surface area contributed by atoms with Crippen LogP contribution in [0.4, 0.5) is 11.4 Å². The monoisotopic (exact) mass is 320 g/mol. The van der Waals surface area contributed by atoms with Crippen LogP contribution in [0.25, 0.3) is 0 Å². The van der Waals surface area contributed by atoms with E-state index in [1.807, 2.05) is 25.1 Å². The largest absolute Gasteiger partial charge is 0.366 e. The molecule has 0 aliphatic carbocycles. The average Bonchev–Trinajstić information content (AvgIpc) is 2.58. The number of para-hydroxylation sites is 1. The zero-order valence-corrected chi connectivity index (χ0v) is 13.0. The second kappa shape index (κ2) is 7.61. The number of primary amides is 1. The summed E-state index contributed by atoms with van der Waals surface area (Å²) in [6.07, 6.45) is 1.31. The number of carbonyl (C=O) groups excluding carboxylic acids is 2. The van der Waals surface area contributed by atoms with Crippen molar-refractivity contribution in [1.29, 1.82) is 5.26 Å². The lowest BCUT2D eigenvalue weighted by molar-refractivity contribution is -0.112. The molecule has 0 saturated carbocycles. The highest BCUT2D eigenvalue weighted by Crippen LogP contribution is 2.15. The fourth-order valence-corrected chi connectivity index (χ4v) is 1.94. The third kappa shape index (κ3) is 4.21. The van der Waals surface area contributed by atoms with Crippen LogP contribution in [0.15, 0.2) is 60.3 Å². The molecule has 2 aromatic carbocycles. The van der Waals surface area contributed by atoms with Gasteiger partial charge in [0.05, 0.1) is 0 Å². The molecular formula is C18H16N4O2. The number of rotatable bonds is 5. The predicted octanol–water partition coefficient (Wildman–Crippen LogP) is 2.55. The average molecular weight is 320 g/mol. The lowest BCUT2D eigenvalue weighted by atomic mass is 10.2. The van der Waals surface area contributed by atoms with Gasteiger partial charge in [-0.15, -0.1) is 0 Å². The highest BCUT2D eigenvalue weighted by Gasteiger charge is 2.10. The quantitative estimate of drug-likeness (QED) is 0.581. The Hall–Kier alpha value is -3.59. The van der Waals surface area contributed by atoms with Crippen molar-refractivity contribution >= 4 is 23.2 Å². The van der Waals surface area contributed by atoms with E-state index >= 15 is 0 Å². The standard InChI is InChI=1S/C18H16N4O2/c1-12-4-2-3-5-16(12)22-18(24)14(10-19)11-21-15-8-6-13(7-9-15)17(20)23/h2-9,11,21H,1H3,(H2,20,23)(H,22,24)/b14-11-. The number of amides is 2. The van der Waals surface area contributed by atoms with Gasteiger partial charge in [0.15, 0.2) is 0 Å². The van der Waals surface area contributed by atoms with Crippen molar-refractivity contribution in [1.82, 2.24) is 0 Å². The molecule has 2 rings (SSSR count). The molecule has 0 saturated heterocycles. The third-order valence-electron chi connectivity index (χ3n) is 3.31. The summed E-state index contributed by atoms with van der Waals surface area (Å²) < 4.78 is 0. The van der Waals surface area contributed by atoms with E-state index in [9.17, 15) is 9.59 Å². The van der Waals surface area contributed by atoms with E-state index in [1.54, 1.807) is 36.4 Å². The number of hydrogen-bond acceptors (Lipinski definition) is 4. The maximum atomic E-state index is 12.2. The summed E-state index contributed by atoms with van der Waals surface area (Å²) >= 11 is 0. The van der Waals surface area contributed by atoms with E-state index in [2.05, 4.69) is 10.6 Å². The van der Waals surface area contributed by atoms with Gasteiger partial charge in [0, 0.05) is 23.1 Å². The van der Waals surface area contributed by atoms with Crippen molar-refractivity contribution in [2.75, 3.05) is 10.6 Å². The molecule has 120 valence electrons. The molecule has 2 amide bonds. The molecule has 2 aromatic rings. The van der Waals surface area contributed by atoms with Gasteiger partial charge in [-0.3, -0.25) is 9.59 Å². The number of carbonyl (C=O) groups is 2. The molecule has 0 spiro atoms. The number of anilines is 2. The van der Waals surface area contributed by atoms with E-state index in [-0.39, 0.29) is 5.57 Å². The van der Waals surface area contributed by atoms with Crippen LogP contribution in [0, 0.1) is 18.3 Å². The first-order valence-electron chi connectivity index (χ1n) is 7.15. The van der Waals surface area contributed by atoms with Crippen LogP contribution in [-0.4, -0.2) is 11.8 Å². The molecule has 0 radical (unpaired) electrons. The fraction of sp³-hybridized carbons (Fsp3) is 0.0556. The first kappa shape index (κ1) is 16.8. The molecule has 0 bridgehead atoms. The molecule has 0 heterocycles. The van der Waals surface area contributed by atoms with Crippen molar-refractivity contribution in [2.24, 2.45) is 5.73 Å². The van der Waals surface area contributed by atoms with Gasteiger partial charge in [-0.2, -0.15) is 5.26 Å². The summed E-state index contributed by atoms with van der Waals surface area (Å²) in [6.45, 7) is 1.86. The Labute approximate surface area is 139 Å². The number of hydrogen-bond donors (Lipinski definition) is 3. The fourth-order valence-electron chi connectivity index (χ4n) is 1.94. The van der Waals surface area contributed by atoms with Gasteiger partial charge in [-0.25, -0.2) is 0 Å². The van der Waals surface area contributed by atoms with Gasteiger partial charge in [0.2, 0.25) is 5.91 Å². The van der Waals surface area contributed by atoms with Crippen molar-refractivity contribution in [3.63, 3.8) is 0 Å². The van der Waals surface area contributed by atoms with Crippen LogP contribution in [0.2, 0.25) is 0 Å². The lowest BCUT2D eigenvalue weighted by Crippen LogP contribution is -2.15. The zero-order valence-electron chi connectivity index (χ0n) is 13.0. The Balaban J connectivity index is 2.08. The molecule has 6 heteroatoms. The molecule has 0 fully saturated rings. The minimum absolute atomic E-state index is 0.0720. The van der Waals surface area contributed by atoms with Crippen molar-refractivity contribution in [3.05, 3.63) is 71.4 Å². The summed E-state index contributed by atoms with van der Waals surface area (Å²) in [5, 5.41) is 14.7. The second-order valence-electron chi connectivity index (χ2n) is 5.02. The zero-order chi connectivity index (χ0) is 17.5. The van der Waals surface area contributed by atoms with Gasteiger partial charge in [0.1, 0.15) is 11.6 Å². The van der Waals surface area contributed by atoms with Gasteiger partial charge in [-0.05, 0) is 42.8 Å². The molecule has 0 atom stereocenters. The number of nitrogens with two attached hydrogens (primary N) is 1. The van der Waals surface area contributed by atoms with Crippen LogP contribution in [0.5, 0.6) is 0 Å². The van der Waals surface area contributed by atoms with E-state index in [4.69, 9.17) is 11.0 Å². The maximum Gasteiger partial charge on any atom is 0.267 e. The van der Waals surface area contributed by atoms with E-state index in [1.165, 1.54) is 6.20 Å². The van der Waals surface area contributed by atoms with Crippen molar-refractivity contribution in [2.45, 2.75) is 6.92 Å². The normalized spacial score (nSPS) is 10.6. The summed E-state index contributed by atoms with van der Waals surface area (Å²) in [4.78, 5) is 23.2. The second-order valence-corrected chi connectivity index (χ2v) is 5.02. The highest BCUT2D eigenvalue weighted by atomic mass is 16.2. The minimum Gasteiger partial charge on any atom is -0.366 e. The number of aryl methyl sites for hydroxylation is 1. The Morgan fingerprint density at radius 3 is 2.38 bits per heavy atom. The Morgan fingerprint density at radius 1 is 1.12 bits per heavy atom. The first-order valence-corrected chi connectivity index (χ1v) is 7.15. The minimum atomic E-state index is -0.521. The molecule has 6 nitrogen and oxygen atoms in total. The first-order chi connectivity index (χ1) is 11.5. The summed E-state index contributed by atoms with van der Waals surface area (Å²) in [5.41, 5.74) is 7.64. The Morgan fingerprint density at radius 2 is 1.79 bits per heavy atom. The number of nitrogens with zero attached hydrogens (tertiary/aromatic N) is 1. The van der Waals surface area contributed by atoms with Crippen molar-refractivity contribution in [3.8, 4) is 6.07 Å². The van der Waals surface area contributed by atoms with Crippen LogP contribution in [0.3, 0.4) is 0 Å². The number of nitrogens with one attached hydrogen (secondary N) is 2. The van der Waals surface area contributed by atoms with Crippen LogP contribution >= 0.6 is 0 Å². The lowest BCUT2D eigenvalue weighted by Gasteiger charge is -2.07. The summed E-state index contributed by atoms with van der Waals surface area (Å²) in [7, 11) is 0. The van der Waals surface area contributed by atoms with E-state index in [0.29, 0.717) is 16.9 Å². The Bertz CT molecular complexity index is 833. The van der Waals surface area contributed by atoms with Gasteiger partial charge < -0.3 is 16.4 Å². The van der Waals surface area contributed by atoms with Crippen LogP contribution in [0.1, 0.15) is 15.9 Å². The van der Waals surface area contributed by atoms with Gasteiger partial charge in [-0.1, -0.05) is 18.2 Å².